The van der Waals surface area contributed by atoms with Crippen molar-refractivity contribution in [3.63, 3.8) is 0 Å². The molecule has 0 aliphatic heterocycles. The first-order valence-corrected chi connectivity index (χ1v) is 5.44. The highest BCUT2D eigenvalue weighted by molar-refractivity contribution is 7.98. The molecule has 1 aromatic carbocycles. The third kappa shape index (κ3) is 1.54. The van der Waals surface area contributed by atoms with Gasteiger partial charge in [0.05, 0.1) is 0 Å². The summed E-state index contributed by atoms with van der Waals surface area (Å²) in [6, 6.07) is 10.5. The molecule has 0 radical (unpaired) electrons. The van der Waals surface area contributed by atoms with Crippen molar-refractivity contribution in [2.45, 2.75) is 11.9 Å². The number of aryl methyl sites for hydroxylation is 1. The summed E-state index contributed by atoms with van der Waals surface area (Å²) >= 11 is 1.70. The van der Waals surface area contributed by atoms with Crippen LogP contribution in [-0.2, 0) is 0 Å². The Bertz CT molecular complexity index is 437. The molecular weight excluding hydrogens is 178 g/mol. The van der Waals surface area contributed by atoms with E-state index in [1.165, 1.54) is 10.8 Å². The van der Waals surface area contributed by atoms with E-state index in [1.807, 2.05) is 6.92 Å². The summed E-state index contributed by atoms with van der Waals surface area (Å²) in [7, 11) is 0. The third-order valence-electron chi connectivity index (χ3n) is 2.03. The molecule has 2 rings (SSSR count). The lowest BCUT2D eigenvalue weighted by atomic mass is 10.1. The minimum atomic E-state index is 1.09. The Balaban J connectivity index is 2.81. The fourth-order valence-corrected chi connectivity index (χ4v) is 2.09. The molecule has 2 aromatic rings. The van der Waals surface area contributed by atoms with Gasteiger partial charge in [0, 0.05) is 11.1 Å². The Morgan fingerprint density at radius 2 is 2.00 bits per heavy atom. The van der Waals surface area contributed by atoms with Crippen LogP contribution in [0.5, 0.6) is 0 Å². The highest BCUT2D eigenvalue weighted by Crippen LogP contribution is 2.24. The molecule has 0 amide bonds. The second kappa shape index (κ2) is 3.38. The van der Waals surface area contributed by atoms with Gasteiger partial charge in [0.2, 0.25) is 0 Å². The number of thioether (sulfide) groups is 1. The normalized spacial score (nSPS) is 10.6. The molecule has 1 nitrogen and oxygen atoms in total. The van der Waals surface area contributed by atoms with Crippen molar-refractivity contribution in [2.24, 2.45) is 0 Å². The van der Waals surface area contributed by atoms with Gasteiger partial charge in [-0.1, -0.05) is 24.3 Å². The minimum Gasteiger partial charge on any atom is -0.246 e. The molecule has 0 unspecified atom stereocenters. The summed E-state index contributed by atoms with van der Waals surface area (Å²) < 4.78 is 0. The van der Waals surface area contributed by atoms with Crippen molar-refractivity contribution < 1.29 is 0 Å². The van der Waals surface area contributed by atoms with Crippen molar-refractivity contribution in [1.82, 2.24) is 4.98 Å². The SMILES string of the molecule is CSc1nc(C)cc2ccccc12. The van der Waals surface area contributed by atoms with E-state index >= 15 is 0 Å². The Hall–Kier alpha value is -1.02. The zero-order valence-electron chi connectivity index (χ0n) is 7.74. The summed E-state index contributed by atoms with van der Waals surface area (Å²) in [5, 5.41) is 3.65. The van der Waals surface area contributed by atoms with Gasteiger partial charge in [-0.3, -0.25) is 0 Å². The van der Waals surface area contributed by atoms with Gasteiger partial charge in [0.25, 0.3) is 0 Å². The predicted octanol–water partition coefficient (Wildman–Crippen LogP) is 3.27. The van der Waals surface area contributed by atoms with Crippen LogP contribution in [0.4, 0.5) is 0 Å². The van der Waals surface area contributed by atoms with Crippen LogP contribution in [0.1, 0.15) is 5.69 Å². The zero-order valence-corrected chi connectivity index (χ0v) is 8.56. The van der Waals surface area contributed by atoms with E-state index in [2.05, 4.69) is 41.6 Å². The molecule has 66 valence electrons. The predicted molar refractivity (Wildman–Crippen MR) is 58.3 cm³/mol. The molecule has 0 aliphatic rings. The molecule has 1 aromatic heterocycles. The Kier molecular flexibility index (Phi) is 2.23. The van der Waals surface area contributed by atoms with Crippen LogP contribution in [0.25, 0.3) is 10.8 Å². The third-order valence-corrected chi connectivity index (χ3v) is 2.72. The fourth-order valence-electron chi connectivity index (χ4n) is 1.45. The maximum absolute atomic E-state index is 4.48. The van der Waals surface area contributed by atoms with Gasteiger partial charge in [-0.05, 0) is 24.6 Å². The lowest BCUT2D eigenvalue weighted by molar-refractivity contribution is 1.10. The smallest absolute Gasteiger partial charge is 0.104 e. The molecule has 0 atom stereocenters. The van der Waals surface area contributed by atoms with Crippen molar-refractivity contribution in [1.29, 1.82) is 0 Å². The number of rotatable bonds is 1. The van der Waals surface area contributed by atoms with Crippen LogP contribution in [0.15, 0.2) is 35.4 Å². The number of fused-ring (bicyclic) bond motifs is 1. The first kappa shape index (κ1) is 8.57. The van der Waals surface area contributed by atoms with Crippen LogP contribution in [0, 0.1) is 6.92 Å². The average Bonchev–Trinajstić information content (AvgIpc) is 2.16. The first-order chi connectivity index (χ1) is 6.31. The summed E-state index contributed by atoms with van der Waals surface area (Å²) in [4.78, 5) is 4.48. The van der Waals surface area contributed by atoms with Gasteiger partial charge in [0.15, 0.2) is 0 Å². The summed E-state index contributed by atoms with van der Waals surface area (Å²) in [6.07, 6.45) is 2.06. The van der Waals surface area contributed by atoms with E-state index < -0.39 is 0 Å². The van der Waals surface area contributed by atoms with Crippen LogP contribution in [0.2, 0.25) is 0 Å². The van der Waals surface area contributed by atoms with Gasteiger partial charge < -0.3 is 0 Å². The second-order valence-electron chi connectivity index (χ2n) is 2.99. The number of benzene rings is 1. The highest BCUT2D eigenvalue weighted by Gasteiger charge is 2.01. The number of pyridine rings is 1. The quantitative estimate of drug-likeness (QED) is 0.639. The number of aromatic nitrogens is 1. The van der Waals surface area contributed by atoms with E-state index in [1.54, 1.807) is 11.8 Å². The van der Waals surface area contributed by atoms with Crippen molar-refractivity contribution in [2.75, 3.05) is 6.26 Å². The Morgan fingerprint density at radius 3 is 2.77 bits per heavy atom. The van der Waals surface area contributed by atoms with E-state index in [-0.39, 0.29) is 0 Å². The fraction of sp³-hybridized carbons (Fsp3) is 0.182. The van der Waals surface area contributed by atoms with Gasteiger partial charge in [-0.2, -0.15) is 0 Å². The standard InChI is InChI=1S/C11H11NS/c1-8-7-9-5-3-4-6-10(9)11(12-8)13-2/h3-7H,1-2H3. The molecular formula is C11H11NS. The zero-order chi connectivity index (χ0) is 9.26. The molecule has 0 spiro atoms. The molecule has 2 heteroatoms. The lowest BCUT2D eigenvalue weighted by Gasteiger charge is -2.03. The summed E-state index contributed by atoms with van der Waals surface area (Å²) in [5.41, 5.74) is 1.09. The molecule has 0 N–H and O–H groups in total. The minimum absolute atomic E-state index is 1.09. The monoisotopic (exact) mass is 189 g/mol. The van der Waals surface area contributed by atoms with Crippen LogP contribution >= 0.6 is 11.8 Å². The maximum Gasteiger partial charge on any atom is 0.104 e. The van der Waals surface area contributed by atoms with Crippen molar-refractivity contribution in [3.8, 4) is 0 Å². The number of hydrogen-bond acceptors (Lipinski definition) is 2. The van der Waals surface area contributed by atoms with E-state index in [0.29, 0.717) is 0 Å². The van der Waals surface area contributed by atoms with E-state index in [9.17, 15) is 0 Å². The maximum atomic E-state index is 4.48. The molecule has 0 bridgehead atoms. The molecule has 0 saturated carbocycles. The van der Waals surface area contributed by atoms with Gasteiger partial charge in [0.1, 0.15) is 5.03 Å². The number of hydrogen-bond donors (Lipinski definition) is 0. The second-order valence-corrected chi connectivity index (χ2v) is 3.79. The lowest BCUT2D eigenvalue weighted by Crippen LogP contribution is -1.86. The van der Waals surface area contributed by atoms with Gasteiger partial charge in [-0.15, -0.1) is 11.8 Å². The van der Waals surface area contributed by atoms with Crippen molar-refractivity contribution in [3.05, 3.63) is 36.0 Å². The largest absolute Gasteiger partial charge is 0.246 e. The van der Waals surface area contributed by atoms with E-state index in [0.717, 1.165) is 10.7 Å². The topological polar surface area (TPSA) is 12.9 Å². The average molecular weight is 189 g/mol. The highest BCUT2D eigenvalue weighted by atomic mass is 32.2. The van der Waals surface area contributed by atoms with Crippen LogP contribution in [-0.4, -0.2) is 11.2 Å². The number of nitrogens with zero attached hydrogens (tertiary/aromatic N) is 1. The molecule has 0 aliphatic carbocycles. The van der Waals surface area contributed by atoms with Crippen molar-refractivity contribution >= 4 is 22.5 Å². The summed E-state index contributed by atoms with van der Waals surface area (Å²) in [6.45, 7) is 2.03. The van der Waals surface area contributed by atoms with Crippen LogP contribution in [0.3, 0.4) is 0 Å². The summed E-state index contributed by atoms with van der Waals surface area (Å²) in [5.74, 6) is 0. The van der Waals surface area contributed by atoms with Crippen LogP contribution < -0.4 is 0 Å². The Morgan fingerprint density at radius 1 is 1.23 bits per heavy atom. The molecule has 0 fully saturated rings. The molecule has 0 saturated heterocycles. The van der Waals surface area contributed by atoms with E-state index in [4.69, 9.17) is 0 Å². The van der Waals surface area contributed by atoms with Gasteiger partial charge >= 0.3 is 0 Å². The molecule has 1 heterocycles. The first-order valence-electron chi connectivity index (χ1n) is 4.21. The molecule has 13 heavy (non-hydrogen) atoms. The van der Waals surface area contributed by atoms with Gasteiger partial charge in [-0.25, -0.2) is 4.98 Å². The Labute approximate surface area is 82.2 Å².